The zero-order chi connectivity index (χ0) is 11.8. The number of hydrogen-bond donors (Lipinski definition) is 2. The van der Waals surface area contributed by atoms with Crippen LogP contribution in [-0.2, 0) is 0 Å². The molecule has 84 valence electrons. The third-order valence-corrected chi connectivity index (χ3v) is 1.66. The van der Waals surface area contributed by atoms with Gasteiger partial charge in [0.1, 0.15) is 5.82 Å². The first-order chi connectivity index (χ1) is 6.73. The molecule has 0 saturated carbocycles. The molecule has 7 heteroatoms. The summed E-state index contributed by atoms with van der Waals surface area (Å²) in [4.78, 5) is 0. The molecular formula is C8H5F5O2. The maximum absolute atomic E-state index is 12.6. The zero-order valence-corrected chi connectivity index (χ0v) is 7.02. The van der Waals surface area contributed by atoms with Crippen LogP contribution in [0.5, 0.6) is 5.75 Å². The SMILES string of the molecule is Oc1c(F)cc(F)cc1[C@H](O)C(F)(F)F. The van der Waals surface area contributed by atoms with Crippen molar-refractivity contribution in [1.82, 2.24) is 0 Å². The number of phenolic OH excluding ortho intramolecular Hbond substituents is 1. The number of aliphatic hydroxyl groups is 1. The lowest BCUT2D eigenvalue weighted by Crippen LogP contribution is -2.20. The Bertz CT molecular complexity index is 374. The number of hydrogen-bond acceptors (Lipinski definition) is 2. The number of halogens is 5. The summed E-state index contributed by atoms with van der Waals surface area (Å²) in [5.41, 5.74) is -1.25. The Hall–Kier alpha value is -1.37. The van der Waals surface area contributed by atoms with Crippen molar-refractivity contribution < 1.29 is 32.2 Å². The molecule has 1 aromatic carbocycles. The molecule has 0 bridgehead atoms. The number of phenols is 1. The molecule has 2 nitrogen and oxygen atoms in total. The molecule has 0 heterocycles. The third-order valence-electron chi connectivity index (χ3n) is 1.66. The monoisotopic (exact) mass is 228 g/mol. The summed E-state index contributed by atoms with van der Waals surface area (Å²) in [7, 11) is 0. The lowest BCUT2D eigenvalue weighted by molar-refractivity contribution is -0.207. The summed E-state index contributed by atoms with van der Waals surface area (Å²) in [5, 5.41) is 17.5. The van der Waals surface area contributed by atoms with Crippen molar-refractivity contribution in [2.75, 3.05) is 0 Å². The van der Waals surface area contributed by atoms with Crippen LogP contribution in [0, 0.1) is 11.6 Å². The quantitative estimate of drug-likeness (QED) is 0.724. The van der Waals surface area contributed by atoms with E-state index in [1.165, 1.54) is 0 Å². The molecule has 0 aliphatic carbocycles. The van der Waals surface area contributed by atoms with Gasteiger partial charge in [-0.15, -0.1) is 0 Å². The van der Waals surface area contributed by atoms with Crippen molar-refractivity contribution in [3.63, 3.8) is 0 Å². The minimum atomic E-state index is -5.10. The summed E-state index contributed by atoms with van der Waals surface area (Å²) >= 11 is 0. The molecule has 1 aromatic rings. The molecule has 0 aliphatic rings. The summed E-state index contributed by atoms with van der Waals surface area (Å²) in [5.74, 6) is -4.29. The van der Waals surface area contributed by atoms with Crippen molar-refractivity contribution in [3.8, 4) is 5.75 Å². The van der Waals surface area contributed by atoms with E-state index in [-0.39, 0.29) is 12.1 Å². The van der Waals surface area contributed by atoms with Crippen LogP contribution >= 0.6 is 0 Å². The average Bonchev–Trinajstić information content (AvgIpc) is 2.08. The first-order valence-electron chi connectivity index (χ1n) is 3.66. The van der Waals surface area contributed by atoms with Gasteiger partial charge in [0.15, 0.2) is 17.7 Å². The highest BCUT2D eigenvalue weighted by molar-refractivity contribution is 5.36. The standard InChI is InChI=1S/C8H5F5O2/c9-3-1-4(6(14)5(10)2-3)7(15)8(11,12)13/h1-2,7,14-15H/t7-/m0/s1. The number of aliphatic hydroxyl groups excluding tert-OH is 1. The van der Waals surface area contributed by atoms with Gasteiger partial charge in [-0.3, -0.25) is 0 Å². The highest BCUT2D eigenvalue weighted by Crippen LogP contribution is 2.37. The van der Waals surface area contributed by atoms with Gasteiger partial charge in [0.05, 0.1) is 0 Å². The van der Waals surface area contributed by atoms with Gasteiger partial charge in [-0.2, -0.15) is 13.2 Å². The second-order valence-electron chi connectivity index (χ2n) is 2.77. The number of benzene rings is 1. The van der Waals surface area contributed by atoms with Gasteiger partial charge in [0, 0.05) is 11.6 Å². The summed E-state index contributed by atoms with van der Waals surface area (Å²) in [6, 6.07) is 0.429. The summed E-state index contributed by atoms with van der Waals surface area (Å²) < 4.78 is 61.1. The van der Waals surface area contributed by atoms with Crippen LogP contribution in [0.1, 0.15) is 11.7 Å². The molecule has 0 amide bonds. The zero-order valence-electron chi connectivity index (χ0n) is 7.02. The Labute approximate surface area is 80.6 Å². The lowest BCUT2D eigenvalue weighted by Gasteiger charge is -2.16. The minimum Gasteiger partial charge on any atom is -0.505 e. The third kappa shape index (κ3) is 2.35. The second kappa shape index (κ2) is 3.65. The van der Waals surface area contributed by atoms with Gasteiger partial charge >= 0.3 is 6.18 Å². The van der Waals surface area contributed by atoms with Crippen LogP contribution in [0.2, 0.25) is 0 Å². The van der Waals surface area contributed by atoms with E-state index in [4.69, 9.17) is 10.2 Å². The van der Waals surface area contributed by atoms with Crippen LogP contribution in [0.25, 0.3) is 0 Å². The van der Waals surface area contributed by atoms with E-state index in [0.29, 0.717) is 0 Å². The molecule has 15 heavy (non-hydrogen) atoms. The minimum absolute atomic E-state index is 0.210. The van der Waals surface area contributed by atoms with Crippen molar-refractivity contribution in [1.29, 1.82) is 0 Å². The highest BCUT2D eigenvalue weighted by atomic mass is 19.4. The van der Waals surface area contributed by atoms with Crippen LogP contribution in [0.15, 0.2) is 12.1 Å². The Balaban J connectivity index is 3.25. The number of rotatable bonds is 1. The Morgan fingerprint density at radius 2 is 1.67 bits per heavy atom. The van der Waals surface area contributed by atoms with Gasteiger partial charge in [-0.25, -0.2) is 8.78 Å². The van der Waals surface area contributed by atoms with E-state index in [0.717, 1.165) is 0 Å². The van der Waals surface area contributed by atoms with Crippen LogP contribution in [0.4, 0.5) is 22.0 Å². The molecular weight excluding hydrogens is 223 g/mol. The molecule has 1 atom stereocenters. The van der Waals surface area contributed by atoms with Gasteiger partial charge in [-0.05, 0) is 6.07 Å². The Morgan fingerprint density at radius 1 is 1.13 bits per heavy atom. The van der Waals surface area contributed by atoms with Gasteiger partial charge in [0.2, 0.25) is 0 Å². The smallest absolute Gasteiger partial charge is 0.418 e. The van der Waals surface area contributed by atoms with Crippen LogP contribution in [0.3, 0.4) is 0 Å². The summed E-state index contributed by atoms with van der Waals surface area (Å²) in [6.07, 6.45) is -8.22. The van der Waals surface area contributed by atoms with Crippen LogP contribution < -0.4 is 0 Å². The second-order valence-corrected chi connectivity index (χ2v) is 2.77. The van der Waals surface area contributed by atoms with Crippen LogP contribution in [-0.4, -0.2) is 16.4 Å². The van der Waals surface area contributed by atoms with E-state index < -0.39 is 35.2 Å². The molecule has 0 fully saturated rings. The maximum Gasteiger partial charge on any atom is 0.418 e. The maximum atomic E-state index is 12.6. The average molecular weight is 228 g/mol. The Kier molecular flexibility index (Phi) is 2.85. The van der Waals surface area contributed by atoms with E-state index in [9.17, 15) is 22.0 Å². The van der Waals surface area contributed by atoms with Gasteiger partial charge < -0.3 is 10.2 Å². The normalized spacial score (nSPS) is 14.0. The van der Waals surface area contributed by atoms with E-state index >= 15 is 0 Å². The fourth-order valence-corrected chi connectivity index (χ4v) is 0.971. The fourth-order valence-electron chi connectivity index (χ4n) is 0.971. The highest BCUT2D eigenvalue weighted by Gasteiger charge is 2.41. The topological polar surface area (TPSA) is 40.5 Å². The van der Waals surface area contributed by atoms with E-state index in [1.807, 2.05) is 0 Å². The predicted molar refractivity (Wildman–Crippen MR) is 39.0 cm³/mol. The van der Waals surface area contributed by atoms with Crippen molar-refractivity contribution in [3.05, 3.63) is 29.3 Å². The molecule has 0 aromatic heterocycles. The molecule has 0 saturated heterocycles. The molecule has 0 radical (unpaired) electrons. The first kappa shape index (κ1) is 11.7. The number of alkyl halides is 3. The molecule has 0 spiro atoms. The van der Waals surface area contributed by atoms with E-state index in [1.54, 1.807) is 0 Å². The molecule has 0 unspecified atom stereocenters. The lowest BCUT2D eigenvalue weighted by atomic mass is 10.1. The largest absolute Gasteiger partial charge is 0.505 e. The van der Waals surface area contributed by atoms with Gasteiger partial charge in [0.25, 0.3) is 0 Å². The fraction of sp³-hybridized carbons (Fsp3) is 0.250. The Morgan fingerprint density at radius 3 is 2.13 bits per heavy atom. The number of aromatic hydroxyl groups is 1. The van der Waals surface area contributed by atoms with Gasteiger partial charge in [-0.1, -0.05) is 0 Å². The molecule has 2 N–H and O–H groups in total. The van der Waals surface area contributed by atoms with Crippen molar-refractivity contribution in [2.24, 2.45) is 0 Å². The van der Waals surface area contributed by atoms with E-state index in [2.05, 4.69) is 0 Å². The summed E-state index contributed by atoms with van der Waals surface area (Å²) in [6.45, 7) is 0. The van der Waals surface area contributed by atoms with Crippen molar-refractivity contribution >= 4 is 0 Å². The van der Waals surface area contributed by atoms with Crippen molar-refractivity contribution in [2.45, 2.75) is 12.3 Å². The molecule has 0 aliphatic heterocycles. The predicted octanol–water partition coefficient (Wildman–Crippen LogP) is 2.27. The first-order valence-corrected chi connectivity index (χ1v) is 3.66. The molecule has 1 rings (SSSR count).